The van der Waals surface area contributed by atoms with Crippen molar-refractivity contribution < 1.29 is 9.53 Å². The topological polar surface area (TPSA) is 77.2 Å². The first-order valence-corrected chi connectivity index (χ1v) is 8.07. The van der Waals surface area contributed by atoms with Gasteiger partial charge < -0.3 is 15.0 Å². The van der Waals surface area contributed by atoms with Crippen LogP contribution in [-0.4, -0.2) is 57.2 Å². The van der Waals surface area contributed by atoms with Crippen LogP contribution in [0.4, 0.5) is 0 Å². The minimum Gasteiger partial charge on any atom is -0.383 e. The van der Waals surface area contributed by atoms with Gasteiger partial charge in [0.1, 0.15) is 0 Å². The molecule has 3 heterocycles. The summed E-state index contributed by atoms with van der Waals surface area (Å²) in [7, 11) is 5.44. The van der Waals surface area contributed by atoms with Crippen molar-refractivity contribution in [1.29, 1.82) is 0 Å². The minimum absolute atomic E-state index is 0.00598. The van der Waals surface area contributed by atoms with Crippen LogP contribution in [0.5, 0.6) is 0 Å². The molecule has 24 heavy (non-hydrogen) atoms. The van der Waals surface area contributed by atoms with Crippen LogP contribution >= 0.6 is 0 Å². The first-order chi connectivity index (χ1) is 11.6. The molecule has 1 N–H and O–H groups in total. The molecular weight excluding hydrogens is 308 g/mol. The zero-order chi connectivity index (χ0) is 17.1. The molecule has 0 aromatic carbocycles. The third kappa shape index (κ3) is 3.34. The molecule has 2 aromatic heterocycles. The molecular formula is C16H24N6O2. The molecule has 8 nitrogen and oxygen atoms in total. The number of hydrogen-bond donors (Lipinski definition) is 1. The van der Waals surface area contributed by atoms with E-state index in [4.69, 9.17) is 4.74 Å². The molecule has 0 radical (unpaired) electrons. The first kappa shape index (κ1) is 16.7. The van der Waals surface area contributed by atoms with Gasteiger partial charge in [-0.05, 0) is 6.07 Å². The Morgan fingerprint density at radius 3 is 2.92 bits per heavy atom. The van der Waals surface area contributed by atoms with Gasteiger partial charge in [-0.25, -0.2) is 0 Å². The molecule has 2 aromatic rings. The van der Waals surface area contributed by atoms with Crippen LogP contribution in [0.3, 0.4) is 0 Å². The summed E-state index contributed by atoms with van der Waals surface area (Å²) < 4.78 is 8.76. The van der Waals surface area contributed by atoms with Gasteiger partial charge in [0.15, 0.2) is 0 Å². The van der Waals surface area contributed by atoms with Crippen molar-refractivity contribution in [1.82, 2.24) is 29.8 Å². The molecule has 0 spiro atoms. The molecule has 0 bridgehead atoms. The number of methoxy groups -OCH3 is 1. The van der Waals surface area contributed by atoms with E-state index in [-0.39, 0.29) is 18.0 Å². The standard InChI is InChI=1S/C16H24N6O2/c1-20-15(23)8-13(16(20)14-4-5-18-21(14)2)17-9-12-10-19-22(11-12)6-7-24-3/h4-5,10-11,13,16-17H,6-9H2,1-3H3/t13-,16-/m1/s1. The predicted molar refractivity (Wildman–Crippen MR) is 88.1 cm³/mol. The highest BCUT2D eigenvalue weighted by Crippen LogP contribution is 2.31. The van der Waals surface area contributed by atoms with Gasteiger partial charge >= 0.3 is 0 Å². The smallest absolute Gasteiger partial charge is 0.224 e. The van der Waals surface area contributed by atoms with Crippen molar-refractivity contribution in [3.05, 3.63) is 35.9 Å². The van der Waals surface area contributed by atoms with Crippen LogP contribution in [0, 0.1) is 0 Å². The van der Waals surface area contributed by atoms with Gasteiger partial charge in [0.2, 0.25) is 5.91 Å². The van der Waals surface area contributed by atoms with Gasteiger partial charge in [-0.15, -0.1) is 0 Å². The van der Waals surface area contributed by atoms with E-state index in [0.29, 0.717) is 19.6 Å². The Morgan fingerprint density at radius 2 is 2.21 bits per heavy atom. The Hall–Kier alpha value is -2.19. The van der Waals surface area contributed by atoms with Gasteiger partial charge in [-0.2, -0.15) is 10.2 Å². The van der Waals surface area contributed by atoms with Crippen LogP contribution in [0.2, 0.25) is 0 Å². The lowest BCUT2D eigenvalue weighted by molar-refractivity contribution is -0.127. The Morgan fingerprint density at radius 1 is 1.38 bits per heavy atom. The van der Waals surface area contributed by atoms with Crippen LogP contribution in [0.25, 0.3) is 0 Å². The van der Waals surface area contributed by atoms with Gasteiger partial charge in [0.25, 0.3) is 0 Å². The van der Waals surface area contributed by atoms with Crippen molar-refractivity contribution in [2.75, 3.05) is 20.8 Å². The molecule has 0 aliphatic carbocycles. The second-order valence-electron chi connectivity index (χ2n) is 6.13. The number of hydrogen-bond acceptors (Lipinski definition) is 5. The lowest BCUT2D eigenvalue weighted by atomic mass is 10.1. The number of likely N-dealkylation sites (tertiary alicyclic amines) is 1. The molecule has 2 atom stereocenters. The zero-order valence-electron chi connectivity index (χ0n) is 14.3. The molecule has 1 fully saturated rings. The number of amides is 1. The van der Waals surface area contributed by atoms with Crippen molar-refractivity contribution in [2.45, 2.75) is 31.6 Å². The maximum atomic E-state index is 12.2. The lowest BCUT2D eigenvalue weighted by Crippen LogP contribution is -2.35. The summed E-state index contributed by atoms with van der Waals surface area (Å²) in [6.07, 6.45) is 6.11. The van der Waals surface area contributed by atoms with Crippen LogP contribution < -0.4 is 5.32 Å². The van der Waals surface area contributed by atoms with E-state index >= 15 is 0 Å². The molecule has 1 aliphatic rings. The van der Waals surface area contributed by atoms with Gasteiger partial charge in [-0.1, -0.05) is 0 Å². The van der Waals surface area contributed by atoms with E-state index in [1.165, 1.54) is 0 Å². The van der Waals surface area contributed by atoms with Crippen molar-refractivity contribution in [3.8, 4) is 0 Å². The monoisotopic (exact) mass is 332 g/mol. The Bertz CT molecular complexity index is 694. The number of aromatic nitrogens is 4. The Kier molecular flexibility index (Phi) is 4.96. The predicted octanol–water partition coefficient (Wildman–Crippen LogP) is 0.325. The summed E-state index contributed by atoms with van der Waals surface area (Å²) in [6.45, 7) is 2.05. The fraction of sp³-hybridized carbons (Fsp3) is 0.562. The fourth-order valence-corrected chi connectivity index (χ4v) is 3.19. The number of carbonyl (C=O) groups is 1. The molecule has 3 rings (SSSR count). The van der Waals surface area contributed by atoms with E-state index in [0.717, 1.165) is 17.8 Å². The van der Waals surface area contributed by atoms with Crippen LogP contribution in [0.15, 0.2) is 24.7 Å². The minimum atomic E-state index is -0.00598. The molecule has 1 saturated heterocycles. The summed E-state index contributed by atoms with van der Waals surface area (Å²) in [5.41, 5.74) is 2.13. The number of nitrogens with one attached hydrogen (secondary N) is 1. The van der Waals surface area contributed by atoms with Crippen molar-refractivity contribution in [3.63, 3.8) is 0 Å². The van der Waals surface area contributed by atoms with Gasteiger partial charge in [0.05, 0.1) is 31.1 Å². The molecule has 130 valence electrons. The van der Waals surface area contributed by atoms with Crippen LogP contribution in [0.1, 0.15) is 23.7 Å². The first-order valence-electron chi connectivity index (χ1n) is 8.07. The van der Waals surface area contributed by atoms with Crippen molar-refractivity contribution in [2.24, 2.45) is 7.05 Å². The number of likely N-dealkylation sites (N-methyl/N-ethyl adjacent to an activating group) is 1. The Balaban J connectivity index is 1.66. The SMILES string of the molecule is COCCn1cc(CN[C@@H]2CC(=O)N(C)[C@H]2c2ccnn2C)cn1. The average molecular weight is 332 g/mol. The fourth-order valence-electron chi connectivity index (χ4n) is 3.19. The lowest BCUT2D eigenvalue weighted by Gasteiger charge is -2.25. The normalized spacial score (nSPS) is 21.0. The second kappa shape index (κ2) is 7.14. The number of nitrogens with zero attached hydrogens (tertiary/aromatic N) is 5. The maximum Gasteiger partial charge on any atom is 0.224 e. The maximum absolute atomic E-state index is 12.2. The third-order valence-electron chi connectivity index (χ3n) is 4.53. The molecule has 1 amide bonds. The number of aryl methyl sites for hydroxylation is 1. The highest BCUT2D eigenvalue weighted by atomic mass is 16.5. The van der Waals surface area contributed by atoms with Crippen LogP contribution in [-0.2, 0) is 29.7 Å². The number of ether oxygens (including phenoxy) is 1. The molecule has 0 saturated carbocycles. The summed E-state index contributed by atoms with van der Waals surface area (Å²) in [4.78, 5) is 14.0. The quantitative estimate of drug-likeness (QED) is 0.790. The van der Waals surface area contributed by atoms with E-state index in [2.05, 4.69) is 15.5 Å². The third-order valence-corrected chi connectivity index (χ3v) is 4.53. The van der Waals surface area contributed by atoms with E-state index in [1.807, 2.05) is 41.9 Å². The van der Waals surface area contributed by atoms with E-state index < -0.39 is 0 Å². The Labute approximate surface area is 141 Å². The number of rotatable bonds is 7. The number of carbonyl (C=O) groups excluding carboxylic acids is 1. The molecule has 0 unspecified atom stereocenters. The summed E-state index contributed by atoms with van der Waals surface area (Å²) in [5.74, 6) is 0.148. The van der Waals surface area contributed by atoms with Gasteiger partial charge in [0, 0.05) is 58.2 Å². The largest absolute Gasteiger partial charge is 0.383 e. The zero-order valence-corrected chi connectivity index (χ0v) is 14.3. The van der Waals surface area contributed by atoms with Gasteiger partial charge in [-0.3, -0.25) is 14.2 Å². The highest BCUT2D eigenvalue weighted by molar-refractivity contribution is 5.80. The second-order valence-corrected chi connectivity index (χ2v) is 6.13. The summed E-state index contributed by atoms with van der Waals surface area (Å²) >= 11 is 0. The molecule has 8 heteroatoms. The highest BCUT2D eigenvalue weighted by Gasteiger charge is 2.39. The summed E-state index contributed by atoms with van der Waals surface area (Å²) in [6, 6.07) is 2.02. The van der Waals surface area contributed by atoms with E-state index in [1.54, 1.807) is 18.2 Å². The van der Waals surface area contributed by atoms with E-state index in [9.17, 15) is 4.79 Å². The molecule has 1 aliphatic heterocycles. The van der Waals surface area contributed by atoms with Crippen molar-refractivity contribution >= 4 is 5.91 Å². The summed E-state index contributed by atoms with van der Waals surface area (Å²) in [5, 5.41) is 12.1. The average Bonchev–Trinajstić information content (AvgIpc) is 3.25.